The van der Waals surface area contributed by atoms with E-state index in [4.69, 9.17) is 14.2 Å². The van der Waals surface area contributed by atoms with Crippen molar-refractivity contribution in [3.05, 3.63) is 36.5 Å². The summed E-state index contributed by atoms with van der Waals surface area (Å²) in [4.78, 5) is 33.7. The van der Waals surface area contributed by atoms with Crippen LogP contribution in [0, 0.1) is 0 Å². The van der Waals surface area contributed by atoms with E-state index in [1.807, 2.05) is 0 Å². The van der Waals surface area contributed by atoms with Crippen LogP contribution < -0.4 is 0 Å². The molecule has 0 rings (SSSR count). The minimum Gasteiger partial charge on any atom is -0.462 e. The van der Waals surface area contributed by atoms with Crippen LogP contribution in [0.3, 0.4) is 0 Å². The molecule has 0 fully saturated rings. The summed E-state index contributed by atoms with van der Waals surface area (Å²) in [5, 5.41) is 0. The van der Waals surface area contributed by atoms with Gasteiger partial charge in [0.15, 0.2) is 6.10 Å². The Kier molecular flexibility index (Phi) is 19.3. The van der Waals surface area contributed by atoms with Crippen LogP contribution in [-0.4, -0.2) is 37.2 Å². The molecule has 6 heteroatoms. The first-order valence-corrected chi connectivity index (χ1v) is 11.4. The summed E-state index contributed by atoms with van der Waals surface area (Å²) in [5.41, 5.74) is 0. The maximum absolute atomic E-state index is 11.8. The predicted octanol–water partition coefficient (Wildman–Crippen LogP) is 5.61. The molecule has 0 heterocycles. The molecule has 6 nitrogen and oxygen atoms in total. The molecule has 0 radical (unpaired) electrons. The van der Waals surface area contributed by atoms with Crippen molar-refractivity contribution in [1.82, 2.24) is 0 Å². The SMILES string of the molecule is CC/C=C/C/C=C/C/C=C/CCCCCCCC(=O)OCC(COC(C)=O)OC(C)=O. The van der Waals surface area contributed by atoms with Gasteiger partial charge in [0.05, 0.1) is 0 Å². The van der Waals surface area contributed by atoms with Crippen molar-refractivity contribution >= 4 is 17.9 Å². The van der Waals surface area contributed by atoms with Crippen molar-refractivity contribution in [2.75, 3.05) is 13.2 Å². The van der Waals surface area contributed by atoms with Gasteiger partial charge in [0.1, 0.15) is 13.2 Å². The number of unbranched alkanes of at least 4 members (excludes halogenated alkanes) is 5. The maximum atomic E-state index is 11.8. The number of rotatable bonds is 18. The first-order chi connectivity index (χ1) is 15.0. The van der Waals surface area contributed by atoms with Crippen molar-refractivity contribution in [1.29, 1.82) is 0 Å². The molecule has 0 aliphatic carbocycles. The van der Waals surface area contributed by atoms with Gasteiger partial charge in [-0.3, -0.25) is 14.4 Å². The van der Waals surface area contributed by atoms with Crippen molar-refractivity contribution < 1.29 is 28.6 Å². The lowest BCUT2D eigenvalue weighted by Gasteiger charge is -2.16. The average Bonchev–Trinajstić information content (AvgIpc) is 2.72. The Balaban J connectivity index is 3.67. The van der Waals surface area contributed by atoms with E-state index < -0.39 is 18.0 Å². The zero-order valence-corrected chi connectivity index (χ0v) is 19.5. The summed E-state index contributed by atoms with van der Waals surface area (Å²) in [6.45, 7) is 4.42. The molecule has 0 aliphatic rings. The topological polar surface area (TPSA) is 78.9 Å². The molecule has 0 spiro atoms. The summed E-state index contributed by atoms with van der Waals surface area (Å²) in [7, 11) is 0. The van der Waals surface area contributed by atoms with E-state index >= 15 is 0 Å². The lowest BCUT2D eigenvalue weighted by atomic mass is 10.1. The standard InChI is InChI=1S/C25H40O6/c1-4-5-6-7-8-9-10-11-12-13-14-15-16-17-18-19-25(28)30-21-24(31-23(3)27)20-29-22(2)26/h5-6,8-9,11-12,24H,4,7,10,13-21H2,1-3H3/b6-5+,9-8+,12-11+. The van der Waals surface area contributed by atoms with Gasteiger partial charge in [0.2, 0.25) is 0 Å². The lowest BCUT2D eigenvalue weighted by molar-refractivity contribution is -0.164. The highest BCUT2D eigenvalue weighted by Crippen LogP contribution is 2.09. The number of carbonyl (C=O) groups excluding carboxylic acids is 3. The quantitative estimate of drug-likeness (QED) is 0.120. The zero-order valence-electron chi connectivity index (χ0n) is 19.5. The summed E-state index contributed by atoms with van der Waals surface area (Å²) in [6.07, 6.45) is 22.1. The van der Waals surface area contributed by atoms with Crippen molar-refractivity contribution in [2.24, 2.45) is 0 Å². The van der Waals surface area contributed by atoms with E-state index in [1.165, 1.54) is 13.8 Å². The molecule has 1 atom stereocenters. The molecule has 0 aromatic heterocycles. The van der Waals surface area contributed by atoms with E-state index in [2.05, 4.69) is 43.4 Å². The van der Waals surface area contributed by atoms with Crippen LogP contribution in [0.1, 0.15) is 85.0 Å². The number of carbonyl (C=O) groups is 3. The molecule has 0 saturated heterocycles. The zero-order chi connectivity index (χ0) is 23.2. The van der Waals surface area contributed by atoms with Crippen molar-refractivity contribution in [3.63, 3.8) is 0 Å². The smallest absolute Gasteiger partial charge is 0.305 e. The number of hydrogen-bond acceptors (Lipinski definition) is 6. The number of ether oxygens (including phenoxy) is 3. The van der Waals surface area contributed by atoms with Crippen LogP contribution in [0.2, 0.25) is 0 Å². The van der Waals surface area contributed by atoms with Crippen molar-refractivity contribution in [2.45, 2.75) is 91.1 Å². The van der Waals surface area contributed by atoms with Gasteiger partial charge >= 0.3 is 17.9 Å². The summed E-state index contributed by atoms with van der Waals surface area (Å²) >= 11 is 0. The molecule has 176 valence electrons. The third-order valence-corrected chi connectivity index (χ3v) is 4.27. The fourth-order valence-corrected chi connectivity index (χ4v) is 2.71. The number of esters is 3. The van der Waals surface area contributed by atoms with Gasteiger partial charge in [-0.05, 0) is 38.5 Å². The molecule has 0 aromatic rings. The monoisotopic (exact) mass is 436 g/mol. The fourth-order valence-electron chi connectivity index (χ4n) is 2.71. The minimum atomic E-state index is -0.771. The Bertz CT molecular complexity index is 577. The second kappa shape index (κ2) is 20.9. The third kappa shape index (κ3) is 22.1. The average molecular weight is 437 g/mol. The van der Waals surface area contributed by atoms with Gasteiger partial charge in [-0.1, -0.05) is 62.6 Å². The van der Waals surface area contributed by atoms with Crippen LogP contribution in [0.4, 0.5) is 0 Å². The summed E-state index contributed by atoms with van der Waals surface area (Å²) in [6, 6.07) is 0. The van der Waals surface area contributed by atoms with Crippen LogP contribution in [0.25, 0.3) is 0 Å². The summed E-state index contributed by atoms with van der Waals surface area (Å²) in [5.74, 6) is -1.33. The second-order valence-corrected chi connectivity index (χ2v) is 7.32. The number of allylic oxidation sites excluding steroid dienone is 6. The van der Waals surface area contributed by atoms with Crippen LogP contribution in [-0.2, 0) is 28.6 Å². The molecular formula is C25H40O6. The van der Waals surface area contributed by atoms with Crippen LogP contribution >= 0.6 is 0 Å². The van der Waals surface area contributed by atoms with E-state index in [-0.39, 0.29) is 19.2 Å². The molecule has 31 heavy (non-hydrogen) atoms. The molecule has 0 amide bonds. The Morgan fingerprint density at radius 2 is 1.29 bits per heavy atom. The Morgan fingerprint density at radius 1 is 0.710 bits per heavy atom. The van der Waals surface area contributed by atoms with Crippen LogP contribution in [0.15, 0.2) is 36.5 Å². The van der Waals surface area contributed by atoms with Gasteiger partial charge < -0.3 is 14.2 Å². The fraction of sp³-hybridized carbons (Fsp3) is 0.640. The van der Waals surface area contributed by atoms with Gasteiger partial charge in [-0.15, -0.1) is 0 Å². The van der Waals surface area contributed by atoms with E-state index in [0.717, 1.165) is 57.8 Å². The third-order valence-electron chi connectivity index (χ3n) is 4.27. The van der Waals surface area contributed by atoms with Gasteiger partial charge in [-0.25, -0.2) is 0 Å². The highest BCUT2D eigenvalue weighted by molar-refractivity contribution is 5.69. The van der Waals surface area contributed by atoms with Gasteiger partial charge in [0.25, 0.3) is 0 Å². The Hall–Kier alpha value is -2.37. The molecule has 0 aliphatic heterocycles. The molecule has 0 N–H and O–H groups in total. The van der Waals surface area contributed by atoms with E-state index in [1.54, 1.807) is 0 Å². The van der Waals surface area contributed by atoms with E-state index in [9.17, 15) is 14.4 Å². The van der Waals surface area contributed by atoms with Gasteiger partial charge in [0, 0.05) is 20.3 Å². The largest absolute Gasteiger partial charge is 0.462 e. The highest BCUT2D eigenvalue weighted by Gasteiger charge is 2.16. The predicted molar refractivity (Wildman–Crippen MR) is 122 cm³/mol. The van der Waals surface area contributed by atoms with E-state index in [0.29, 0.717) is 6.42 Å². The molecule has 0 aromatic carbocycles. The molecular weight excluding hydrogens is 396 g/mol. The highest BCUT2D eigenvalue weighted by atomic mass is 16.6. The number of hydrogen-bond donors (Lipinski definition) is 0. The first kappa shape index (κ1) is 28.6. The molecule has 0 bridgehead atoms. The minimum absolute atomic E-state index is 0.108. The normalized spacial score (nSPS) is 12.5. The Morgan fingerprint density at radius 3 is 1.94 bits per heavy atom. The molecule has 1 unspecified atom stereocenters. The summed E-state index contributed by atoms with van der Waals surface area (Å²) < 4.78 is 14.9. The van der Waals surface area contributed by atoms with Gasteiger partial charge in [-0.2, -0.15) is 0 Å². The lowest BCUT2D eigenvalue weighted by Crippen LogP contribution is -2.29. The maximum Gasteiger partial charge on any atom is 0.305 e. The Labute approximate surface area is 187 Å². The second-order valence-electron chi connectivity index (χ2n) is 7.32. The molecule has 0 saturated carbocycles. The first-order valence-electron chi connectivity index (χ1n) is 11.4. The van der Waals surface area contributed by atoms with Crippen molar-refractivity contribution in [3.8, 4) is 0 Å². The van der Waals surface area contributed by atoms with Crippen LogP contribution in [0.5, 0.6) is 0 Å².